The number of hydrogen-bond donors (Lipinski definition) is 4. The number of aliphatic hydroxyl groups excluding tert-OH is 1. The maximum atomic E-state index is 9.83. The van der Waals surface area contributed by atoms with E-state index in [1.54, 1.807) is 6.92 Å². The van der Waals surface area contributed by atoms with E-state index in [2.05, 4.69) is 5.32 Å². The van der Waals surface area contributed by atoms with Crippen LogP contribution in [0.3, 0.4) is 0 Å². The summed E-state index contributed by atoms with van der Waals surface area (Å²) in [6, 6.07) is 4.01. The zero-order valence-corrected chi connectivity index (χ0v) is 10.8. The summed E-state index contributed by atoms with van der Waals surface area (Å²) in [4.78, 5) is -0.560. The van der Waals surface area contributed by atoms with Gasteiger partial charge in [-0.1, -0.05) is 6.07 Å². The molecule has 0 aliphatic rings. The van der Waals surface area contributed by atoms with E-state index in [4.69, 9.17) is 28.3 Å². The van der Waals surface area contributed by atoms with Gasteiger partial charge in [-0.15, -0.1) is 23.2 Å². The van der Waals surface area contributed by atoms with Crippen LogP contribution in [-0.4, -0.2) is 32.7 Å². The van der Waals surface area contributed by atoms with Gasteiger partial charge in [-0.05, 0) is 24.6 Å². The minimum atomic E-state index is -0.809. The molecule has 1 rings (SSSR count). The van der Waals surface area contributed by atoms with Crippen molar-refractivity contribution in [2.24, 2.45) is 0 Å². The van der Waals surface area contributed by atoms with Crippen molar-refractivity contribution in [3.63, 3.8) is 0 Å². The fraction of sp³-hybridized carbons (Fsp3) is 0.455. The first kappa shape index (κ1) is 14.4. The number of halogens is 2. The summed E-state index contributed by atoms with van der Waals surface area (Å²) >= 11 is 11.3. The Hall–Kier alpha value is -0.680. The molecule has 0 fully saturated rings. The van der Waals surface area contributed by atoms with E-state index in [1.807, 2.05) is 0 Å². The molecule has 1 aromatic carbocycles. The van der Waals surface area contributed by atoms with Crippen molar-refractivity contribution < 1.29 is 15.3 Å². The molecule has 6 heteroatoms. The topological polar surface area (TPSA) is 72.7 Å². The number of phenolic OH excluding ortho intramolecular Hbond substituents is 2. The summed E-state index contributed by atoms with van der Waals surface area (Å²) in [5.74, 6) is -0.481. The van der Waals surface area contributed by atoms with Gasteiger partial charge in [0.1, 0.15) is 4.84 Å². The molecule has 0 saturated carbocycles. The summed E-state index contributed by atoms with van der Waals surface area (Å²) in [6.07, 6.45) is -0.809. The van der Waals surface area contributed by atoms with Gasteiger partial charge in [-0.2, -0.15) is 0 Å². The molecule has 0 unspecified atom stereocenters. The zero-order valence-electron chi connectivity index (χ0n) is 9.27. The van der Waals surface area contributed by atoms with Gasteiger partial charge in [0.05, 0.1) is 6.10 Å². The molecular weight excluding hydrogens is 265 g/mol. The number of benzene rings is 1. The molecule has 4 N–H and O–H groups in total. The van der Waals surface area contributed by atoms with Crippen molar-refractivity contribution in [1.29, 1.82) is 0 Å². The summed E-state index contributed by atoms with van der Waals surface area (Å²) in [5.41, 5.74) is 0.501. The summed E-state index contributed by atoms with van der Waals surface area (Å²) in [6.45, 7) is 2.05. The summed E-state index contributed by atoms with van der Waals surface area (Å²) in [5, 5.41) is 31.2. The van der Waals surface area contributed by atoms with Gasteiger partial charge in [0.2, 0.25) is 0 Å². The summed E-state index contributed by atoms with van der Waals surface area (Å²) < 4.78 is 0. The van der Waals surface area contributed by atoms with Crippen molar-refractivity contribution in [3.8, 4) is 11.5 Å². The van der Waals surface area contributed by atoms with Crippen LogP contribution in [0.4, 0.5) is 0 Å². The average Bonchev–Trinajstić information content (AvgIpc) is 2.28. The van der Waals surface area contributed by atoms with Gasteiger partial charge in [-0.3, -0.25) is 0 Å². The van der Waals surface area contributed by atoms with Crippen LogP contribution in [-0.2, 0) is 0 Å². The number of phenols is 2. The molecule has 0 saturated heterocycles. The van der Waals surface area contributed by atoms with E-state index in [-0.39, 0.29) is 24.1 Å². The van der Waals surface area contributed by atoms with E-state index >= 15 is 0 Å². The molecule has 96 valence electrons. The van der Waals surface area contributed by atoms with E-state index in [9.17, 15) is 10.2 Å². The number of nitrogens with one attached hydrogen (secondary N) is 1. The van der Waals surface area contributed by atoms with E-state index < -0.39 is 10.9 Å². The number of hydrogen-bond acceptors (Lipinski definition) is 4. The highest BCUT2D eigenvalue weighted by Crippen LogP contribution is 2.27. The van der Waals surface area contributed by atoms with Crippen LogP contribution in [0, 0.1) is 0 Å². The molecule has 0 aliphatic heterocycles. The molecule has 0 aromatic heterocycles. The lowest BCUT2D eigenvalue weighted by Gasteiger charge is -2.18. The number of rotatable bonds is 5. The molecule has 4 nitrogen and oxygen atoms in total. The Labute approximate surface area is 110 Å². The molecule has 0 spiro atoms. The third-order valence-corrected chi connectivity index (χ3v) is 3.15. The minimum Gasteiger partial charge on any atom is -0.504 e. The van der Waals surface area contributed by atoms with Crippen LogP contribution >= 0.6 is 23.2 Å². The molecule has 0 aliphatic carbocycles. The fourth-order valence-corrected chi connectivity index (χ4v) is 1.43. The lowest BCUT2D eigenvalue weighted by atomic mass is 10.1. The second-order valence-corrected chi connectivity index (χ2v) is 4.96. The Morgan fingerprint density at radius 1 is 1.24 bits per heavy atom. The standard InChI is InChI=1S/C11H15Cl2NO3/c1-6(11(12)13)14-5-10(17)7-2-3-8(15)9(16)4-7/h2-4,6,10-11,14-17H,5H2,1H3/t6-,10-/m1/s1. The highest BCUT2D eigenvalue weighted by molar-refractivity contribution is 6.44. The van der Waals surface area contributed by atoms with Gasteiger partial charge < -0.3 is 20.6 Å². The Kier molecular flexibility index (Phi) is 5.33. The zero-order chi connectivity index (χ0) is 13.0. The van der Waals surface area contributed by atoms with E-state index in [0.29, 0.717) is 5.56 Å². The van der Waals surface area contributed by atoms with Crippen LogP contribution in [0.15, 0.2) is 18.2 Å². The highest BCUT2D eigenvalue weighted by Gasteiger charge is 2.14. The van der Waals surface area contributed by atoms with Gasteiger partial charge in [0.25, 0.3) is 0 Å². The molecule has 0 heterocycles. The highest BCUT2D eigenvalue weighted by atomic mass is 35.5. The van der Waals surface area contributed by atoms with E-state index in [0.717, 1.165) is 0 Å². The van der Waals surface area contributed by atoms with Crippen LogP contribution in [0.25, 0.3) is 0 Å². The molecular formula is C11H15Cl2NO3. The van der Waals surface area contributed by atoms with Crippen LogP contribution < -0.4 is 5.32 Å². The first-order valence-corrected chi connectivity index (χ1v) is 6.00. The predicted molar refractivity (Wildman–Crippen MR) is 67.7 cm³/mol. The lowest BCUT2D eigenvalue weighted by Crippen LogP contribution is -2.34. The first-order chi connectivity index (χ1) is 7.91. The Morgan fingerprint density at radius 2 is 1.88 bits per heavy atom. The molecule has 0 amide bonds. The van der Waals surface area contributed by atoms with Gasteiger partial charge in [-0.25, -0.2) is 0 Å². The monoisotopic (exact) mass is 279 g/mol. The molecule has 1 aromatic rings. The van der Waals surface area contributed by atoms with Crippen molar-refractivity contribution in [3.05, 3.63) is 23.8 Å². The minimum absolute atomic E-state index is 0.154. The third kappa shape index (κ3) is 4.24. The second kappa shape index (κ2) is 6.31. The van der Waals surface area contributed by atoms with Crippen LogP contribution in [0.1, 0.15) is 18.6 Å². The first-order valence-electron chi connectivity index (χ1n) is 5.13. The van der Waals surface area contributed by atoms with Gasteiger partial charge in [0, 0.05) is 12.6 Å². The smallest absolute Gasteiger partial charge is 0.157 e. The maximum Gasteiger partial charge on any atom is 0.157 e. The summed E-state index contributed by atoms with van der Waals surface area (Å²) in [7, 11) is 0. The predicted octanol–water partition coefficient (Wildman–Crippen LogP) is 1.91. The lowest BCUT2D eigenvalue weighted by molar-refractivity contribution is 0.171. The van der Waals surface area contributed by atoms with Gasteiger partial charge >= 0.3 is 0 Å². The Bertz CT molecular complexity index is 374. The Balaban J connectivity index is 2.58. The Morgan fingerprint density at radius 3 is 2.41 bits per heavy atom. The van der Waals surface area contributed by atoms with Crippen LogP contribution in [0.5, 0.6) is 11.5 Å². The number of aromatic hydroxyl groups is 2. The molecule has 17 heavy (non-hydrogen) atoms. The van der Waals surface area contributed by atoms with E-state index in [1.165, 1.54) is 18.2 Å². The van der Waals surface area contributed by atoms with Crippen molar-refractivity contribution in [2.45, 2.75) is 23.9 Å². The van der Waals surface area contributed by atoms with Crippen molar-refractivity contribution >= 4 is 23.2 Å². The molecule has 0 bridgehead atoms. The SMILES string of the molecule is C[C@@H](NC[C@@H](O)c1ccc(O)c(O)c1)C(Cl)Cl. The third-order valence-electron chi connectivity index (χ3n) is 2.40. The molecule has 0 radical (unpaired) electrons. The average molecular weight is 280 g/mol. The molecule has 2 atom stereocenters. The normalized spacial score (nSPS) is 14.9. The second-order valence-electron chi connectivity index (χ2n) is 3.80. The largest absolute Gasteiger partial charge is 0.504 e. The maximum absolute atomic E-state index is 9.83. The quantitative estimate of drug-likeness (QED) is 0.491. The number of aliphatic hydroxyl groups is 1. The van der Waals surface area contributed by atoms with Crippen molar-refractivity contribution in [1.82, 2.24) is 5.32 Å². The van der Waals surface area contributed by atoms with Crippen molar-refractivity contribution in [2.75, 3.05) is 6.54 Å². The van der Waals surface area contributed by atoms with Gasteiger partial charge in [0.15, 0.2) is 11.5 Å². The van der Waals surface area contributed by atoms with Crippen LogP contribution in [0.2, 0.25) is 0 Å². The number of alkyl halides is 2. The fourth-order valence-electron chi connectivity index (χ4n) is 1.25.